The highest BCUT2D eigenvalue weighted by Crippen LogP contribution is 2.47. The van der Waals surface area contributed by atoms with Crippen LogP contribution in [-0.4, -0.2) is 0 Å². The average Bonchev–Trinajstić information content (AvgIpc) is 3.64. The Labute approximate surface area is 480 Å². The molecule has 0 aromatic heterocycles. The third-order valence-corrected chi connectivity index (χ3v) is 15.9. The zero-order valence-electron chi connectivity index (χ0n) is 45.2. The van der Waals surface area contributed by atoms with Crippen molar-refractivity contribution in [3.05, 3.63) is 340 Å². The van der Waals surface area contributed by atoms with Crippen molar-refractivity contribution in [1.29, 1.82) is 0 Å². The van der Waals surface area contributed by atoms with Gasteiger partial charge in [0, 0.05) is 33.5 Å². The molecule has 0 saturated heterocycles. The molecule has 0 atom stereocenters. The van der Waals surface area contributed by atoms with E-state index in [1.165, 1.54) is 88.3 Å². The van der Waals surface area contributed by atoms with Gasteiger partial charge < -0.3 is 9.80 Å². The van der Waals surface area contributed by atoms with Gasteiger partial charge in [-0.05, 0) is 149 Å². The summed E-state index contributed by atoms with van der Waals surface area (Å²) < 4.78 is 0. The Morgan fingerprint density at radius 2 is 0.366 bits per heavy atom. The summed E-state index contributed by atoms with van der Waals surface area (Å²) in [4.78, 5) is 4.81. The SMILES string of the molecule is c1ccc(-c2ccc(-c3ccc(N(c4ccc(-c5ccccc5)cc4)c4ccc(-c5ccccc5-c5ccc(N(c6ccc(-c7ccccc7)c7ccccc67)c6ccc(-c7ccccc7)c7ccccc67)cc5)cc4)cc3)cc2)cc1. The van der Waals surface area contributed by atoms with E-state index in [0.717, 1.165) is 45.3 Å². The lowest BCUT2D eigenvalue weighted by Gasteiger charge is -2.29. The van der Waals surface area contributed by atoms with Crippen molar-refractivity contribution in [2.45, 2.75) is 0 Å². The molecule has 0 aliphatic rings. The van der Waals surface area contributed by atoms with E-state index in [4.69, 9.17) is 0 Å². The van der Waals surface area contributed by atoms with Crippen LogP contribution >= 0.6 is 0 Å². The van der Waals surface area contributed by atoms with Gasteiger partial charge in [0.1, 0.15) is 0 Å². The third-order valence-electron chi connectivity index (χ3n) is 15.9. The smallest absolute Gasteiger partial charge is 0.0540 e. The summed E-state index contributed by atoms with van der Waals surface area (Å²) in [6.45, 7) is 0. The number of anilines is 6. The molecule has 386 valence electrons. The zero-order valence-corrected chi connectivity index (χ0v) is 45.2. The minimum absolute atomic E-state index is 1.08. The van der Waals surface area contributed by atoms with Crippen molar-refractivity contribution in [1.82, 2.24) is 0 Å². The first-order chi connectivity index (χ1) is 40.7. The molecule has 82 heavy (non-hydrogen) atoms. The largest absolute Gasteiger partial charge is 0.311 e. The molecule has 0 radical (unpaired) electrons. The maximum Gasteiger partial charge on any atom is 0.0540 e. The fourth-order valence-electron chi connectivity index (χ4n) is 11.8. The lowest BCUT2D eigenvalue weighted by Crippen LogP contribution is -2.11. The van der Waals surface area contributed by atoms with Crippen molar-refractivity contribution < 1.29 is 0 Å². The van der Waals surface area contributed by atoms with Gasteiger partial charge in [-0.1, -0.05) is 279 Å². The van der Waals surface area contributed by atoms with Crippen LogP contribution in [0.2, 0.25) is 0 Å². The Bertz CT molecular complexity index is 4360. The topological polar surface area (TPSA) is 6.48 Å². The van der Waals surface area contributed by atoms with Crippen LogP contribution in [0.4, 0.5) is 34.1 Å². The number of rotatable bonds is 13. The molecule has 14 rings (SSSR count). The molecule has 0 saturated carbocycles. The number of hydrogen-bond donors (Lipinski definition) is 0. The van der Waals surface area contributed by atoms with Crippen LogP contribution in [-0.2, 0) is 0 Å². The fourth-order valence-corrected chi connectivity index (χ4v) is 11.8. The minimum atomic E-state index is 1.08. The molecular weight excluding hydrogens is 989 g/mol. The number of benzene rings is 14. The summed E-state index contributed by atoms with van der Waals surface area (Å²) in [6, 6.07) is 123. The predicted molar refractivity (Wildman–Crippen MR) is 349 cm³/mol. The molecule has 0 amide bonds. The summed E-state index contributed by atoms with van der Waals surface area (Å²) in [5.74, 6) is 0. The van der Waals surface area contributed by atoms with Crippen LogP contribution in [0.15, 0.2) is 340 Å². The lowest BCUT2D eigenvalue weighted by atomic mass is 9.93. The van der Waals surface area contributed by atoms with Crippen molar-refractivity contribution in [3.8, 4) is 77.9 Å². The van der Waals surface area contributed by atoms with Crippen LogP contribution in [0.3, 0.4) is 0 Å². The maximum atomic E-state index is 2.46. The summed E-state index contributed by atoms with van der Waals surface area (Å²) in [5, 5.41) is 4.78. The normalized spacial score (nSPS) is 11.2. The molecule has 2 nitrogen and oxygen atoms in total. The summed E-state index contributed by atoms with van der Waals surface area (Å²) in [5.41, 5.74) is 23.2. The molecule has 0 spiro atoms. The molecule has 2 heteroatoms. The summed E-state index contributed by atoms with van der Waals surface area (Å²) in [7, 11) is 0. The molecular formula is C80H56N2. The van der Waals surface area contributed by atoms with Crippen LogP contribution < -0.4 is 9.80 Å². The standard InChI is InChI=1S/C80H56N2/c1-5-19-57(20-6-1)59-33-35-60(36-34-59)62-39-47-68(48-40-62)81(67-45-37-61(38-46-67)58-21-7-2-8-22-58)69-49-41-65(42-50-69)71-27-13-14-28-72(71)66-43-51-70(52-44-66)82(79-55-53-73(63-23-9-3-10-24-63)75-29-15-17-31-77(75)79)80-56-54-74(64-25-11-4-12-26-64)76-30-16-18-32-78(76)80/h1-56H. The second-order valence-electron chi connectivity index (χ2n) is 20.8. The minimum Gasteiger partial charge on any atom is -0.311 e. The molecule has 0 bridgehead atoms. The van der Waals surface area contributed by atoms with Gasteiger partial charge >= 0.3 is 0 Å². The van der Waals surface area contributed by atoms with Gasteiger partial charge in [-0.2, -0.15) is 0 Å². The average molecular weight is 1050 g/mol. The Hall–Kier alpha value is -10.8. The van der Waals surface area contributed by atoms with Crippen LogP contribution in [0.5, 0.6) is 0 Å². The van der Waals surface area contributed by atoms with Gasteiger partial charge in [-0.3, -0.25) is 0 Å². The monoisotopic (exact) mass is 1040 g/mol. The van der Waals surface area contributed by atoms with Crippen molar-refractivity contribution in [2.24, 2.45) is 0 Å². The quantitative estimate of drug-likeness (QED) is 0.114. The summed E-state index contributed by atoms with van der Waals surface area (Å²) >= 11 is 0. The van der Waals surface area contributed by atoms with Gasteiger partial charge in [-0.15, -0.1) is 0 Å². The highest BCUT2D eigenvalue weighted by molar-refractivity contribution is 6.11. The third kappa shape index (κ3) is 9.70. The van der Waals surface area contributed by atoms with Gasteiger partial charge in [-0.25, -0.2) is 0 Å². The van der Waals surface area contributed by atoms with Gasteiger partial charge in [0.25, 0.3) is 0 Å². The van der Waals surface area contributed by atoms with Crippen molar-refractivity contribution >= 4 is 55.7 Å². The first-order valence-electron chi connectivity index (χ1n) is 28.1. The summed E-state index contributed by atoms with van der Waals surface area (Å²) in [6.07, 6.45) is 0. The highest BCUT2D eigenvalue weighted by atomic mass is 15.1. The number of fused-ring (bicyclic) bond motifs is 2. The molecule has 0 aliphatic carbocycles. The van der Waals surface area contributed by atoms with E-state index in [0.29, 0.717) is 0 Å². The molecule has 0 N–H and O–H groups in total. The molecule has 14 aromatic rings. The van der Waals surface area contributed by atoms with E-state index < -0.39 is 0 Å². The van der Waals surface area contributed by atoms with E-state index in [2.05, 4.69) is 350 Å². The molecule has 0 heterocycles. The van der Waals surface area contributed by atoms with Crippen LogP contribution in [0, 0.1) is 0 Å². The maximum absolute atomic E-state index is 2.46. The lowest BCUT2D eigenvalue weighted by molar-refractivity contribution is 1.28. The van der Waals surface area contributed by atoms with E-state index in [9.17, 15) is 0 Å². The van der Waals surface area contributed by atoms with E-state index >= 15 is 0 Å². The second kappa shape index (κ2) is 22.1. The Balaban J connectivity index is 0.821. The molecule has 14 aromatic carbocycles. The first kappa shape index (κ1) is 49.5. The Kier molecular flexibility index (Phi) is 13.4. The Morgan fingerprint density at radius 1 is 0.134 bits per heavy atom. The highest BCUT2D eigenvalue weighted by Gasteiger charge is 2.22. The first-order valence-corrected chi connectivity index (χ1v) is 28.1. The van der Waals surface area contributed by atoms with E-state index in [-0.39, 0.29) is 0 Å². The molecule has 0 aliphatic heterocycles. The molecule has 0 fully saturated rings. The van der Waals surface area contributed by atoms with Crippen LogP contribution in [0.1, 0.15) is 0 Å². The number of hydrogen-bond acceptors (Lipinski definition) is 2. The van der Waals surface area contributed by atoms with Gasteiger partial charge in [0.05, 0.1) is 11.4 Å². The second-order valence-corrected chi connectivity index (χ2v) is 20.8. The number of nitrogens with zero attached hydrogens (tertiary/aromatic N) is 2. The Morgan fingerprint density at radius 3 is 0.707 bits per heavy atom. The van der Waals surface area contributed by atoms with Crippen molar-refractivity contribution in [2.75, 3.05) is 9.80 Å². The molecule has 0 unspecified atom stereocenters. The van der Waals surface area contributed by atoms with Crippen LogP contribution in [0.25, 0.3) is 99.4 Å². The van der Waals surface area contributed by atoms with Gasteiger partial charge in [0.15, 0.2) is 0 Å². The van der Waals surface area contributed by atoms with E-state index in [1.54, 1.807) is 0 Å². The zero-order chi connectivity index (χ0) is 54.6. The van der Waals surface area contributed by atoms with Crippen molar-refractivity contribution in [3.63, 3.8) is 0 Å². The van der Waals surface area contributed by atoms with Gasteiger partial charge in [0.2, 0.25) is 0 Å². The van der Waals surface area contributed by atoms with E-state index in [1.807, 2.05) is 0 Å². The fraction of sp³-hybridized carbons (Fsp3) is 0. The predicted octanol–water partition coefficient (Wildman–Crippen LogP) is 22.6.